The van der Waals surface area contributed by atoms with Crippen molar-refractivity contribution in [2.24, 2.45) is 11.7 Å². The van der Waals surface area contributed by atoms with Crippen molar-refractivity contribution in [1.82, 2.24) is 5.32 Å². The SMILES string of the molecule is N#Cc1ccc2c(c1)COc1cc(C[C@@H](C#N)C3(C(N)=O)CNCCCO3)c(F)cc1-2. The number of nitrogens with two attached hydrogens (primary N) is 1. The van der Waals surface area contributed by atoms with Crippen LogP contribution in [0.3, 0.4) is 0 Å². The molecule has 158 valence electrons. The summed E-state index contributed by atoms with van der Waals surface area (Å²) in [6.07, 6.45) is 0.630. The number of carbonyl (C=O) groups excluding carboxylic acids is 1. The van der Waals surface area contributed by atoms with Gasteiger partial charge in [-0.15, -0.1) is 0 Å². The number of hydrogen-bond acceptors (Lipinski definition) is 6. The standard InChI is InChI=1S/C23H21FN4O3/c24-20-9-19-18-3-2-14(10-25)6-16(18)12-30-21(19)8-15(20)7-17(11-26)23(22(27)29)13-28-4-1-5-31-23/h2-3,6,8-9,17,28H,1,4-5,7,12-13H2,(H2,27,29)/t17-,23?/m0/s1. The summed E-state index contributed by atoms with van der Waals surface area (Å²) in [6.45, 7) is 1.27. The van der Waals surface area contributed by atoms with Crippen molar-refractivity contribution >= 4 is 5.91 Å². The first-order valence-corrected chi connectivity index (χ1v) is 10.0. The molecule has 1 saturated heterocycles. The minimum Gasteiger partial charge on any atom is -0.488 e. The molecular weight excluding hydrogens is 399 g/mol. The summed E-state index contributed by atoms with van der Waals surface area (Å²) in [5, 5.41) is 22.0. The molecule has 0 aromatic heterocycles. The molecule has 2 aromatic rings. The third kappa shape index (κ3) is 3.72. The van der Waals surface area contributed by atoms with Gasteiger partial charge in [-0.2, -0.15) is 10.5 Å². The van der Waals surface area contributed by atoms with Gasteiger partial charge >= 0.3 is 0 Å². The van der Waals surface area contributed by atoms with Gasteiger partial charge in [-0.25, -0.2) is 4.39 Å². The number of primary amides is 1. The van der Waals surface area contributed by atoms with Crippen LogP contribution in [-0.4, -0.2) is 31.2 Å². The monoisotopic (exact) mass is 420 g/mol. The molecule has 2 aliphatic heterocycles. The van der Waals surface area contributed by atoms with Crippen LogP contribution in [0.4, 0.5) is 4.39 Å². The van der Waals surface area contributed by atoms with E-state index in [9.17, 15) is 10.1 Å². The predicted octanol–water partition coefficient (Wildman–Crippen LogP) is 2.17. The fourth-order valence-corrected chi connectivity index (χ4v) is 4.15. The van der Waals surface area contributed by atoms with Crippen molar-refractivity contribution in [2.75, 3.05) is 19.7 Å². The quantitative estimate of drug-likeness (QED) is 0.782. The summed E-state index contributed by atoms with van der Waals surface area (Å²) < 4.78 is 26.7. The average Bonchev–Trinajstić information content (AvgIpc) is 3.04. The molecule has 7 nitrogen and oxygen atoms in total. The number of carbonyl (C=O) groups is 1. The van der Waals surface area contributed by atoms with E-state index < -0.39 is 23.2 Å². The third-order valence-corrected chi connectivity index (χ3v) is 5.86. The van der Waals surface area contributed by atoms with Crippen molar-refractivity contribution in [3.8, 4) is 29.0 Å². The first kappa shape index (κ1) is 20.8. The smallest absolute Gasteiger partial charge is 0.252 e. The lowest BCUT2D eigenvalue weighted by Gasteiger charge is -2.33. The Morgan fingerprint density at radius 1 is 1.29 bits per heavy atom. The van der Waals surface area contributed by atoms with Gasteiger partial charge in [0.1, 0.15) is 18.2 Å². The second-order valence-corrected chi connectivity index (χ2v) is 7.73. The molecular formula is C23H21FN4O3. The molecule has 0 spiro atoms. The Bertz CT molecular complexity index is 1110. The number of fused-ring (bicyclic) bond motifs is 3. The van der Waals surface area contributed by atoms with Crippen LogP contribution < -0.4 is 15.8 Å². The number of ether oxygens (including phenoxy) is 2. The van der Waals surface area contributed by atoms with Gasteiger partial charge in [0.05, 0.1) is 23.6 Å². The van der Waals surface area contributed by atoms with Gasteiger partial charge in [0, 0.05) is 18.7 Å². The van der Waals surface area contributed by atoms with E-state index >= 15 is 4.39 Å². The van der Waals surface area contributed by atoms with Crippen LogP contribution in [0.1, 0.15) is 23.1 Å². The van der Waals surface area contributed by atoms with Gasteiger partial charge in [-0.3, -0.25) is 4.79 Å². The van der Waals surface area contributed by atoms with Gasteiger partial charge in [-0.05, 0) is 60.3 Å². The lowest BCUT2D eigenvalue weighted by molar-refractivity contribution is -0.147. The molecule has 0 aliphatic carbocycles. The molecule has 31 heavy (non-hydrogen) atoms. The Labute approximate surface area is 179 Å². The van der Waals surface area contributed by atoms with Gasteiger partial charge in [-0.1, -0.05) is 6.07 Å². The van der Waals surface area contributed by atoms with Crippen LogP contribution >= 0.6 is 0 Å². The van der Waals surface area contributed by atoms with Crippen LogP contribution in [-0.2, 0) is 22.6 Å². The highest BCUT2D eigenvalue weighted by Crippen LogP contribution is 2.40. The molecule has 0 bridgehead atoms. The summed E-state index contributed by atoms with van der Waals surface area (Å²) in [7, 11) is 0. The molecule has 2 aliphatic rings. The number of nitrogens with one attached hydrogen (secondary N) is 1. The molecule has 8 heteroatoms. The second-order valence-electron chi connectivity index (χ2n) is 7.73. The number of amides is 1. The average molecular weight is 420 g/mol. The Morgan fingerprint density at radius 2 is 2.13 bits per heavy atom. The van der Waals surface area contributed by atoms with E-state index in [-0.39, 0.29) is 31.7 Å². The molecule has 2 heterocycles. The lowest BCUT2D eigenvalue weighted by Crippen LogP contribution is -2.57. The van der Waals surface area contributed by atoms with E-state index in [0.29, 0.717) is 29.8 Å². The largest absolute Gasteiger partial charge is 0.488 e. The highest BCUT2D eigenvalue weighted by molar-refractivity contribution is 5.85. The van der Waals surface area contributed by atoms with E-state index in [4.69, 9.17) is 20.5 Å². The van der Waals surface area contributed by atoms with Crippen LogP contribution in [0.2, 0.25) is 0 Å². The first-order valence-electron chi connectivity index (χ1n) is 10.0. The van der Waals surface area contributed by atoms with Gasteiger partial charge in [0.25, 0.3) is 5.91 Å². The Kier molecular flexibility index (Phi) is 5.60. The zero-order valence-corrected chi connectivity index (χ0v) is 16.8. The van der Waals surface area contributed by atoms with Crippen molar-refractivity contribution in [2.45, 2.75) is 25.0 Å². The molecule has 1 amide bonds. The molecule has 1 fully saturated rings. The number of hydrogen-bond donors (Lipinski definition) is 2. The molecule has 1 unspecified atom stereocenters. The number of rotatable bonds is 4. The Balaban J connectivity index is 1.69. The molecule has 4 rings (SSSR count). The highest BCUT2D eigenvalue weighted by Gasteiger charge is 2.47. The molecule has 0 saturated carbocycles. The molecule has 2 atom stereocenters. The van der Waals surface area contributed by atoms with E-state index in [0.717, 1.165) is 11.1 Å². The Hall–Kier alpha value is -3.46. The number of nitrogens with zero attached hydrogens (tertiary/aromatic N) is 2. The fourth-order valence-electron chi connectivity index (χ4n) is 4.15. The summed E-state index contributed by atoms with van der Waals surface area (Å²) in [4.78, 5) is 12.3. The molecule has 0 radical (unpaired) electrons. The Morgan fingerprint density at radius 3 is 2.87 bits per heavy atom. The molecule has 3 N–H and O–H groups in total. The van der Waals surface area contributed by atoms with E-state index in [2.05, 4.69) is 17.5 Å². The van der Waals surface area contributed by atoms with Crippen molar-refractivity contribution in [1.29, 1.82) is 10.5 Å². The third-order valence-electron chi connectivity index (χ3n) is 5.86. The number of halogens is 1. The summed E-state index contributed by atoms with van der Waals surface area (Å²) in [5.74, 6) is -1.75. The van der Waals surface area contributed by atoms with Crippen LogP contribution in [0.25, 0.3) is 11.1 Å². The van der Waals surface area contributed by atoms with E-state index in [1.807, 2.05) is 0 Å². The van der Waals surface area contributed by atoms with Crippen molar-refractivity contribution in [3.05, 3.63) is 52.8 Å². The minimum absolute atomic E-state index is 0.0518. The van der Waals surface area contributed by atoms with E-state index in [1.54, 1.807) is 24.3 Å². The number of benzene rings is 2. The summed E-state index contributed by atoms with van der Waals surface area (Å²) in [5.41, 5.74) is 7.04. The molecule has 2 aromatic carbocycles. The van der Waals surface area contributed by atoms with Crippen LogP contribution in [0.5, 0.6) is 5.75 Å². The van der Waals surface area contributed by atoms with Gasteiger partial charge < -0.3 is 20.5 Å². The van der Waals surface area contributed by atoms with Crippen molar-refractivity contribution in [3.63, 3.8) is 0 Å². The van der Waals surface area contributed by atoms with Crippen molar-refractivity contribution < 1.29 is 18.7 Å². The second kappa shape index (κ2) is 8.35. The maximum absolute atomic E-state index is 15.1. The highest BCUT2D eigenvalue weighted by atomic mass is 19.1. The van der Waals surface area contributed by atoms with E-state index in [1.165, 1.54) is 6.07 Å². The zero-order chi connectivity index (χ0) is 22.0. The minimum atomic E-state index is -1.53. The summed E-state index contributed by atoms with van der Waals surface area (Å²) in [6, 6.07) is 12.3. The normalized spacial score (nSPS) is 20.7. The summed E-state index contributed by atoms with van der Waals surface area (Å²) >= 11 is 0. The fraction of sp³-hybridized carbons (Fsp3) is 0.348. The number of nitriles is 2. The zero-order valence-electron chi connectivity index (χ0n) is 16.8. The topological polar surface area (TPSA) is 121 Å². The van der Waals surface area contributed by atoms with Crippen LogP contribution in [0, 0.1) is 34.4 Å². The van der Waals surface area contributed by atoms with Crippen LogP contribution in [0.15, 0.2) is 30.3 Å². The predicted molar refractivity (Wildman–Crippen MR) is 109 cm³/mol. The maximum atomic E-state index is 15.1. The lowest BCUT2D eigenvalue weighted by atomic mass is 9.82. The maximum Gasteiger partial charge on any atom is 0.252 e. The van der Waals surface area contributed by atoms with Gasteiger partial charge in [0.2, 0.25) is 0 Å². The first-order chi connectivity index (χ1) is 15.0. The van der Waals surface area contributed by atoms with Gasteiger partial charge in [0.15, 0.2) is 5.60 Å².